The van der Waals surface area contributed by atoms with E-state index < -0.39 is 29.3 Å². The lowest BCUT2D eigenvalue weighted by Gasteiger charge is -2.60. The Bertz CT molecular complexity index is 5770. The monoisotopic (exact) mass is 1730 g/mol. The quantitative estimate of drug-likeness (QED) is 0.0966. The Labute approximate surface area is 674 Å². The maximum atomic E-state index is 13.4. The zero-order chi connectivity index (χ0) is 79.7. The molecule has 0 radical (unpaired) electrons. The van der Waals surface area contributed by atoms with Gasteiger partial charge in [0, 0.05) is 156 Å². The Morgan fingerprint density at radius 2 is 0.735 bits per heavy atom. The van der Waals surface area contributed by atoms with E-state index in [9.17, 15) is 24.0 Å². The van der Waals surface area contributed by atoms with Gasteiger partial charge in [-0.25, -0.2) is 39.5 Å². The van der Waals surface area contributed by atoms with Crippen molar-refractivity contribution < 1.29 is 38.2 Å². The van der Waals surface area contributed by atoms with E-state index in [1.165, 1.54) is 0 Å². The number of likely N-dealkylation sites (tertiary alicyclic amines) is 6. The molecule has 33 nitrogen and oxygen atoms in total. The number of carbonyl (C=O) groups is 5. The summed E-state index contributed by atoms with van der Waals surface area (Å²) in [6.45, 7) is 25.2. The molecule has 5 amide bonds. The lowest BCUT2D eigenvalue weighted by Crippen LogP contribution is -2.74. The van der Waals surface area contributed by atoms with E-state index in [2.05, 4.69) is 85.9 Å². The molecule has 6 fully saturated rings. The Kier molecular flexibility index (Phi) is 19.4. The number of ether oxygens (including phenoxy) is 3. The summed E-state index contributed by atoms with van der Waals surface area (Å²) < 4.78 is 27.1. The van der Waals surface area contributed by atoms with Crippen molar-refractivity contribution in [3.05, 3.63) is 117 Å². The Morgan fingerprint density at radius 1 is 0.425 bits per heavy atom. The number of anilines is 3. The number of carbonyl (C=O) groups excluding carboxylic acids is 5. The molecule has 36 heteroatoms. The van der Waals surface area contributed by atoms with Crippen LogP contribution in [-0.2, 0) is 38.0 Å². The highest BCUT2D eigenvalue weighted by molar-refractivity contribution is 9.11. The number of aromatic nitrogens is 16. The van der Waals surface area contributed by atoms with Gasteiger partial charge in [-0.05, 0) is 178 Å². The number of fused-ring (bicyclic) bond motifs is 9. The molecule has 3 spiro atoms. The molecule has 6 aliphatic rings. The third kappa shape index (κ3) is 14.8. The predicted molar refractivity (Wildman–Crippen MR) is 434 cm³/mol. The number of aryl methyl sites for hydroxylation is 2. The average molecular weight is 1730 g/mol. The normalized spacial score (nSPS) is 17.5. The van der Waals surface area contributed by atoms with Crippen LogP contribution < -0.4 is 20.7 Å². The third-order valence-electron chi connectivity index (χ3n) is 20.9. The van der Waals surface area contributed by atoms with Crippen LogP contribution in [0.15, 0.2) is 117 Å². The van der Waals surface area contributed by atoms with Crippen LogP contribution in [0.3, 0.4) is 0 Å². The van der Waals surface area contributed by atoms with Crippen LogP contribution in [0, 0.1) is 16.2 Å². The Balaban J connectivity index is 0.000000129. The second-order valence-corrected chi connectivity index (χ2v) is 35.3. The van der Waals surface area contributed by atoms with Gasteiger partial charge < -0.3 is 59.6 Å². The van der Waals surface area contributed by atoms with E-state index in [-0.39, 0.29) is 40.7 Å². The molecular weight excluding hydrogens is 1640 g/mol. The highest BCUT2D eigenvalue weighted by Crippen LogP contribution is 2.44. The summed E-state index contributed by atoms with van der Waals surface area (Å²) in [5, 5.41) is 35.0. The number of methoxy groups -OCH3 is 1. The number of halogens is 3. The van der Waals surface area contributed by atoms with E-state index >= 15 is 0 Å². The largest absolute Gasteiger partial charge is 0.497 e. The van der Waals surface area contributed by atoms with Crippen LogP contribution in [0.1, 0.15) is 62.3 Å². The first-order chi connectivity index (χ1) is 53.7. The van der Waals surface area contributed by atoms with Gasteiger partial charge in [-0.2, -0.15) is 23.7 Å². The van der Waals surface area contributed by atoms with Gasteiger partial charge >= 0.3 is 12.2 Å². The van der Waals surface area contributed by atoms with Crippen LogP contribution in [-0.4, -0.2) is 260 Å². The number of nitrogens with one attached hydrogen (secondary N) is 3. The molecule has 0 aliphatic carbocycles. The minimum absolute atomic E-state index is 0.0360. The summed E-state index contributed by atoms with van der Waals surface area (Å²) in [5.41, 5.74) is 5.71. The fraction of sp³-hybridized carbons (Fsp3) is 0.429. The number of para-hydroxylation sites is 3. The summed E-state index contributed by atoms with van der Waals surface area (Å²) in [5.74, 6) is 3.67. The van der Waals surface area contributed by atoms with Gasteiger partial charge in [0.1, 0.15) is 35.1 Å². The maximum absolute atomic E-state index is 13.4. The third-order valence-corrected chi connectivity index (χ3v) is 22.8. The van der Waals surface area contributed by atoms with Gasteiger partial charge in [0.15, 0.2) is 34.4 Å². The van der Waals surface area contributed by atoms with Gasteiger partial charge in [0.05, 0.1) is 47.2 Å². The number of amides is 5. The molecule has 113 heavy (non-hydrogen) atoms. The standard InChI is InChI=1S/C29H32BrN7O4.C26H30BrN9O3.C22H24BrN9O/c1-17(25(38)35-13-29(14-35)15-36(16-29)27(39)41-28(2,3)4)31-26-32-22-20(7-6-8-21(22)30)24-33-23(34-37(24)26)18-9-11-19(40-5)12-10-18;1-15(22(37)34-11-26(12-34)13-35(14-26)24(38)39-25(2,3)4)29-23-30-19-17(7-6-8-18(19)27)21-31-20(32-36(21)23)16-9-28-33(5)10-16;1-13(20(33)31-11-22(12-31)9-29(2)10-22)25-21-26-17-15(5-4-6-16(17)23)19-27-18(28-32(19)21)14-7-24-30(3)8-14/h6-12,17H,13-16H2,1-5H3,(H,31,32);6-10,15H,11-14H2,1-5H3,(H,29,30);4-8,13H,9-12H2,1-3H3,(H,25,26)/t17-;15-;13-/m111/s1. The predicted octanol–water partition coefficient (Wildman–Crippen LogP) is 9.93. The topological polar surface area (TPSA) is 333 Å². The van der Waals surface area contributed by atoms with Crippen molar-refractivity contribution in [1.82, 2.24) is 108 Å². The van der Waals surface area contributed by atoms with Crippen molar-refractivity contribution in [1.29, 1.82) is 0 Å². The fourth-order valence-corrected chi connectivity index (χ4v) is 17.1. The van der Waals surface area contributed by atoms with Crippen molar-refractivity contribution in [2.24, 2.45) is 30.3 Å². The van der Waals surface area contributed by atoms with Crippen LogP contribution in [0.2, 0.25) is 0 Å². The molecule has 0 saturated carbocycles. The molecule has 3 atom stereocenters. The first-order valence-electron chi connectivity index (χ1n) is 37.2. The maximum Gasteiger partial charge on any atom is 0.410 e. The molecule has 0 unspecified atom stereocenters. The van der Waals surface area contributed by atoms with Gasteiger partial charge in [0.2, 0.25) is 35.6 Å². The summed E-state index contributed by atoms with van der Waals surface area (Å²) >= 11 is 10.8. The van der Waals surface area contributed by atoms with Crippen molar-refractivity contribution in [2.45, 2.75) is 91.6 Å². The molecule has 0 bridgehead atoms. The van der Waals surface area contributed by atoms with Gasteiger partial charge in [-0.15, -0.1) is 15.3 Å². The molecule has 3 N–H and O–H groups in total. The van der Waals surface area contributed by atoms with Crippen molar-refractivity contribution in [2.75, 3.05) is 109 Å². The number of rotatable bonds is 13. The SMILES string of the molecule is COc1ccc(-c2nc3c4cccc(Br)c4nc(N[C@H](C)C(=O)N4CC5(CN(C(=O)OC(C)(C)C)C5)C4)n3n2)cc1.C[C@@H](Nc1nc2c(Br)cccc2c2nc(-c3cnn(C)c3)nn12)C(=O)N1CC2(CN(C(=O)OC(C)(C)C)C2)C1.C[C@@H](Nc1nc2c(Br)cccc2c2nc(-c3cnn(C)c3)nn12)C(=O)N1CC2(CN(C)C2)C1. The average Bonchev–Trinajstić information content (AvgIpc) is 1.68. The van der Waals surface area contributed by atoms with Crippen LogP contribution in [0.4, 0.5) is 27.4 Å². The molecule has 4 aromatic carbocycles. The highest BCUT2D eigenvalue weighted by atomic mass is 79.9. The summed E-state index contributed by atoms with van der Waals surface area (Å²) in [6, 6.07) is 23.4. The second kappa shape index (κ2) is 28.7. The number of nitrogens with zero attached hydrogens (tertiary/aromatic N) is 22. The molecular formula is C77H86Br3N25O8. The van der Waals surface area contributed by atoms with E-state index in [1.807, 2.05) is 182 Å². The lowest BCUT2D eigenvalue weighted by molar-refractivity contribution is -0.158. The molecule has 588 valence electrons. The summed E-state index contributed by atoms with van der Waals surface area (Å²) in [4.78, 5) is 105. The number of hydrogen-bond acceptors (Lipinski definition) is 23. The molecule has 18 rings (SSSR count). The number of hydrogen-bond donors (Lipinski definition) is 3. The molecule has 12 aromatic rings. The summed E-state index contributed by atoms with van der Waals surface area (Å²) in [7, 11) is 7.44. The smallest absolute Gasteiger partial charge is 0.410 e. The van der Waals surface area contributed by atoms with Crippen LogP contribution >= 0.6 is 47.8 Å². The first-order valence-corrected chi connectivity index (χ1v) is 39.5. The fourth-order valence-electron chi connectivity index (χ4n) is 15.7. The van der Waals surface area contributed by atoms with Crippen molar-refractivity contribution in [3.63, 3.8) is 0 Å². The van der Waals surface area contributed by atoms with Crippen LogP contribution in [0.25, 0.3) is 83.8 Å². The van der Waals surface area contributed by atoms with E-state index in [0.29, 0.717) is 110 Å². The zero-order valence-electron chi connectivity index (χ0n) is 64.8. The van der Waals surface area contributed by atoms with E-state index in [0.717, 1.165) is 94.7 Å². The number of benzene rings is 4. The van der Waals surface area contributed by atoms with Gasteiger partial charge in [-0.1, -0.05) is 18.2 Å². The summed E-state index contributed by atoms with van der Waals surface area (Å²) in [6.07, 6.45) is 6.56. The minimum atomic E-state index is -0.557. The Morgan fingerprint density at radius 3 is 1.03 bits per heavy atom. The minimum Gasteiger partial charge on any atom is -0.497 e. The highest BCUT2D eigenvalue weighted by Gasteiger charge is 2.57. The van der Waals surface area contributed by atoms with Crippen molar-refractivity contribution in [3.8, 4) is 39.9 Å². The molecule has 6 saturated heterocycles. The van der Waals surface area contributed by atoms with E-state index in [1.54, 1.807) is 52.2 Å². The van der Waals surface area contributed by atoms with E-state index in [4.69, 9.17) is 59.4 Å². The van der Waals surface area contributed by atoms with Crippen molar-refractivity contribution >= 4 is 145 Å². The van der Waals surface area contributed by atoms with Gasteiger partial charge in [0.25, 0.3) is 0 Å². The molecule has 14 heterocycles. The lowest BCUT2D eigenvalue weighted by atomic mass is 9.73. The molecule has 6 aliphatic heterocycles. The molecule has 8 aromatic heterocycles. The second-order valence-electron chi connectivity index (χ2n) is 32.8. The Hall–Kier alpha value is -10.7. The van der Waals surface area contributed by atoms with Crippen LogP contribution in [0.5, 0.6) is 5.75 Å². The van der Waals surface area contributed by atoms with Gasteiger partial charge in [-0.3, -0.25) is 23.7 Å². The first kappa shape index (κ1) is 76.3. The zero-order valence-corrected chi connectivity index (χ0v) is 69.5.